The van der Waals surface area contributed by atoms with Crippen molar-refractivity contribution in [2.24, 2.45) is 11.8 Å². The first-order valence-electron chi connectivity index (χ1n) is 7.07. The highest BCUT2D eigenvalue weighted by Gasteiger charge is 2.42. The van der Waals surface area contributed by atoms with Crippen LogP contribution in [0, 0.1) is 11.8 Å². The lowest BCUT2D eigenvalue weighted by Gasteiger charge is -2.19. The monoisotopic (exact) mass is 340 g/mol. The number of ketones is 1. The Bertz CT molecular complexity index is 500. The second-order valence-electron chi connectivity index (χ2n) is 5.37. The Balaban J connectivity index is 2.35. The molecule has 3 nitrogen and oxygen atoms in total. The van der Waals surface area contributed by atoms with Crippen LogP contribution in [0.2, 0.25) is 0 Å². The maximum atomic E-state index is 12.9. The van der Waals surface area contributed by atoms with Crippen LogP contribution in [0.15, 0.2) is 22.7 Å². The van der Waals surface area contributed by atoms with Crippen LogP contribution in [0.4, 0.5) is 0 Å². The molecule has 2 rings (SSSR count). The first kappa shape index (κ1) is 15.5. The second-order valence-corrected chi connectivity index (χ2v) is 6.28. The smallest absolute Gasteiger partial charge is 0.172 e. The van der Waals surface area contributed by atoms with Crippen molar-refractivity contribution in [2.45, 2.75) is 39.9 Å². The van der Waals surface area contributed by atoms with Gasteiger partial charge in [0.15, 0.2) is 5.78 Å². The Hall–Kier alpha value is -0.870. The maximum Gasteiger partial charge on any atom is 0.172 e. The van der Waals surface area contributed by atoms with Gasteiger partial charge in [-0.05, 0) is 44.9 Å². The Morgan fingerprint density at radius 2 is 2.00 bits per heavy atom. The molecule has 0 aliphatic carbocycles. The van der Waals surface area contributed by atoms with Crippen LogP contribution in [0.25, 0.3) is 0 Å². The van der Waals surface area contributed by atoms with Gasteiger partial charge in [0.1, 0.15) is 5.75 Å². The van der Waals surface area contributed by atoms with Crippen LogP contribution in [0.1, 0.15) is 38.1 Å². The van der Waals surface area contributed by atoms with E-state index >= 15 is 0 Å². The molecule has 1 aliphatic rings. The standard InChI is InChI=1S/C16H21BrO3/c1-5-19-14-7-6-12(17)8-13(14)16(18)15-9(2)10(3)20-11(15)4/h6-11,15H,5H2,1-4H3. The van der Waals surface area contributed by atoms with Crippen molar-refractivity contribution in [1.29, 1.82) is 0 Å². The molecule has 4 unspecified atom stereocenters. The summed E-state index contributed by atoms with van der Waals surface area (Å²) in [6, 6.07) is 5.58. The third-order valence-electron chi connectivity index (χ3n) is 4.05. The highest BCUT2D eigenvalue weighted by Crippen LogP contribution is 2.37. The third-order valence-corrected chi connectivity index (χ3v) is 4.54. The Morgan fingerprint density at radius 3 is 2.55 bits per heavy atom. The van der Waals surface area contributed by atoms with Gasteiger partial charge in [-0.25, -0.2) is 0 Å². The summed E-state index contributed by atoms with van der Waals surface area (Å²) in [6.07, 6.45) is 0.0580. The summed E-state index contributed by atoms with van der Waals surface area (Å²) >= 11 is 3.43. The molecule has 1 fully saturated rings. The number of halogens is 1. The van der Waals surface area contributed by atoms with Crippen LogP contribution >= 0.6 is 15.9 Å². The van der Waals surface area contributed by atoms with E-state index in [0.717, 1.165) is 4.47 Å². The number of benzene rings is 1. The Labute approximate surface area is 128 Å². The molecule has 1 heterocycles. The Morgan fingerprint density at radius 1 is 1.30 bits per heavy atom. The van der Waals surface area contributed by atoms with Crippen LogP contribution in [-0.4, -0.2) is 24.6 Å². The zero-order valence-electron chi connectivity index (χ0n) is 12.4. The van der Waals surface area contributed by atoms with E-state index in [4.69, 9.17) is 9.47 Å². The van der Waals surface area contributed by atoms with E-state index in [-0.39, 0.29) is 29.8 Å². The number of hydrogen-bond acceptors (Lipinski definition) is 3. The molecular weight excluding hydrogens is 320 g/mol. The lowest BCUT2D eigenvalue weighted by molar-refractivity contribution is 0.0490. The highest BCUT2D eigenvalue weighted by atomic mass is 79.9. The van der Waals surface area contributed by atoms with E-state index in [1.54, 1.807) is 0 Å². The highest BCUT2D eigenvalue weighted by molar-refractivity contribution is 9.10. The molecule has 0 N–H and O–H groups in total. The van der Waals surface area contributed by atoms with Gasteiger partial charge in [0, 0.05) is 4.47 Å². The number of carbonyl (C=O) groups excluding carboxylic acids is 1. The second kappa shape index (κ2) is 6.27. The van der Waals surface area contributed by atoms with E-state index in [2.05, 4.69) is 22.9 Å². The fourth-order valence-electron chi connectivity index (χ4n) is 2.87. The van der Waals surface area contributed by atoms with Crippen molar-refractivity contribution >= 4 is 21.7 Å². The van der Waals surface area contributed by atoms with E-state index in [1.807, 2.05) is 39.0 Å². The number of rotatable bonds is 4. The molecule has 0 aromatic heterocycles. The average Bonchev–Trinajstić information content (AvgIpc) is 2.65. The molecule has 0 amide bonds. The molecule has 4 atom stereocenters. The first-order valence-corrected chi connectivity index (χ1v) is 7.87. The van der Waals surface area contributed by atoms with Gasteiger partial charge in [-0.3, -0.25) is 4.79 Å². The largest absolute Gasteiger partial charge is 0.493 e. The molecule has 20 heavy (non-hydrogen) atoms. The molecular formula is C16H21BrO3. The van der Waals surface area contributed by atoms with Crippen molar-refractivity contribution < 1.29 is 14.3 Å². The van der Waals surface area contributed by atoms with E-state index < -0.39 is 0 Å². The van der Waals surface area contributed by atoms with Crippen LogP contribution < -0.4 is 4.74 Å². The molecule has 1 saturated heterocycles. The summed E-state index contributed by atoms with van der Waals surface area (Å²) in [6.45, 7) is 8.54. The molecule has 0 bridgehead atoms. The van der Waals surface area contributed by atoms with Crippen molar-refractivity contribution in [3.63, 3.8) is 0 Å². The van der Waals surface area contributed by atoms with Gasteiger partial charge in [-0.1, -0.05) is 22.9 Å². The SMILES string of the molecule is CCOc1ccc(Br)cc1C(=O)C1C(C)OC(C)C1C. The minimum absolute atomic E-state index is 0.0547. The minimum Gasteiger partial charge on any atom is -0.493 e. The van der Waals surface area contributed by atoms with Gasteiger partial charge in [0.2, 0.25) is 0 Å². The minimum atomic E-state index is -0.112. The number of hydrogen-bond donors (Lipinski definition) is 0. The Kier molecular flexibility index (Phi) is 4.86. The maximum absolute atomic E-state index is 12.9. The van der Waals surface area contributed by atoms with E-state index in [1.165, 1.54) is 0 Å². The van der Waals surface area contributed by atoms with Crippen molar-refractivity contribution in [3.05, 3.63) is 28.2 Å². The van der Waals surface area contributed by atoms with Crippen molar-refractivity contribution in [2.75, 3.05) is 6.61 Å². The lowest BCUT2D eigenvalue weighted by Crippen LogP contribution is -2.27. The average molecular weight is 341 g/mol. The van der Waals surface area contributed by atoms with Gasteiger partial charge >= 0.3 is 0 Å². The molecule has 0 spiro atoms. The van der Waals surface area contributed by atoms with Crippen LogP contribution in [0.5, 0.6) is 5.75 Å². The van der Waals surface area contributed by atoms with Gasteiger partial charge in [0.05, 0.1) is 30.3 Å². The fraction of sp³-hybridized carbons (Fsp3) is 0.562. The van der Waals surface area contributed by atoms with Crippen molar-refractivity contribution in [1.82, 2.24) is 0 Å². The number of ether oxygens (including phenoxy) is 2. The first-order chi connectivity index (χ1) is 9.45. The van der Waals surface area contributed by atoms with Crippen LogP contribution in [0.3, 0.4) is 0 Å². The molecule has 0 radical (unpaired) electrons. The van der Waals surface area contributed by atoms with E-state index in [9.17, 15) is 4.79 Å². The quantitative estimate of drug-likeness (QED) is 0.774. The van der Waals surface area contributed by atoms with Gasteiger partial charge in [0.25, 0.3) is 0 Å². The number of carbonyl (C=O) groups is 1. The van der Waals surface area contributed by atoms with Gasteiger partial charge in [-0.15, -0.1) is 0 Å². The summed E-state index contributed by atoms with van der Waals surface area (Å²) in [4.78, 5) is 12.9. The summed E-state index contributed by atoms with van der Waals surface area (Å²) in [5.41, 5.74) is 0.641. The normalized spacial score (nSPS) is 29.4. The molecule has 1 aromatic carbocycles. The van der Waals surface area contributed by atoms with Gasteiger partial charge < -0.3 is 9.47 Å². The fourth-order valence-corrected chi connectivity index (χ4v) is 3.24. The van der Waals surface area contributed by atoms with Crippen LogP contribution in [-0.2, 0) is 4.74 Å². The summed E-state index contributed by atoms with van der Waals surface area (Å²) in [7, 11) is 0. The van der Waals surface area contributed by atoms with E-state index in [0.29, 0.717) is 17.9 Å². The van der Waals surface area contributed by atoms with Crippen molar-refractivity contribution in [3.8, 4) is 5.75 Å². The lowest BCUT2D eigenvalue weighted by atomic mass is 9.83. The topological polar surface area (TPSA) is 35.5 Å². The molecule has 4 heteroatoms. The zero-order chi connectivity index (χ0) is 14.9. The predicted octanol–water partition coefficient (Wildman–Crippen LogP) is 4.09. The third kappa shape index (κ3) is 2.91. The molecule has 110 valence electrons. The summed E-state index contributed by atoms with van der Waals surface area (Å²) < 4.78 is 12.3. The zero-order valence-corrected chi connectivity index (χ0v) is 13.9. The molecule has 1 aromatic rings. The molecule has 1 aliphatic heterocycles. The summed E-state index contributed by atoms with van der Waals surface area (Å²) in [5, 5.41) is 0. The predicted molar refractivity (Wildman–Crippen MR) is 82.3 cm³/mol. The number of Topliss-reactive ketones (excluding diaryl/α,β-unsaturated/α-hetero) is 1. The summed E-state index contributed by atoms with van der Waals surface area (Å²) in [5.74, 6) is 0.864. The van der Waals surface area contributed by atoms with Gasteiger partial charge in [-0.2, -0.15) is 0 Å². The molecule has 0 saturated carbocycles.